The van der Waals surface area contributed by atoms with Crippen LogP contribution in [-0.2, 0) is 25.7 Å². The molecule has 1 atom stereocenters. The van der Waals surface area contributed by atoms with E-state index in [1.807, 2.05) is 36.5 Å². The molecule has 49 heavy (non-hydrogen) atoms. The molecule has 264 valence electrons. The van der Waals surface area contributed by atoms with Gasteiger partial charge in [-0.15, -0.1) is 0 Å². The number of benzene rings is 1. The maximum absolute atomic E-state index is 13.6. The Morgan fingerprint density at radius 3 is 2.39 bits per heavy atom. The fraction of sp³-hybridized carbons (Fsp3) is 0.571. The molecule has 14 heteroatoms. The van der Waals surface area contributed by atoms with Gasteiger partial charge in [0.05, 0.1) is 17.8 Å². The van der Waals surface area contributed by atoms with E-state index in [9.17, 15) is 28.8 Å². The third-order valence-electron chi connectivity index (χ3n) is 9.49. The topological polar surface area (TPSA) is 163 Å². The van der Waals surface area contributed by atoms with Crippen molar-refractivity contribution in [3.05, 3.63) is 47.3 Å². The van der Waals surface area contributed by atoms with Gasteiger partial charge in [0.1, 0.15) is 11.6 Å². The van der Waals surface area contributed by atoms with Gasteiger partial charge in [0, 0.05) is 75.6 Å². The number of anilines is 1. The molecule has 0 spiro atoms. The lowest BCUT2D eigenvalue weighted by atomic mass is 9.92. The number of imide groups is 1. The Hall–Kier alpha value is -4.75. The molecule has 14 nitrogen and oxygen atoms in total. The summed E-state index contributed by atoms with van der Waals surface area (Å²) in [6, 6.07) is 4.27. The van der Waals surface area contributed by atoms with Gasteiger partial charge in [-0.1, -0.05) is 12.1 Å². The quantitative estimate of drug-likeness (QED) is 0.299. The largest absolute Gasteiger partial charge is 0.444 e. The summed E-state index contributed by atoms with van der Waals surface area (Å²) in [4.78, 5) is 79.9. The molecule has 2 aromatic rings. The van der Waals surface area contributed by atoms with Crippen LogP contribution in [0.2, 0.25) is 0 Å². The second kappa shape index (κ2) is 15.2. The Morgan fingerprint density at radius 1 is 1.04 bits per heavy atom. The van der Waals surface area contributed by atoms with Gasteiger partial charge < -0.3 is 24.8 Å². The third-order valence-corrected chi connectivity index (χ3v) is 9.49. The summed E-state index contributed by atoms with van der Waals surface area (Å²) in [5, 5.41) is 10.1. The van der Waals surface area contributed by atoms with Crippen molar-refractivity contribution in [2.24, 2.45) is 5.92 Å². The minimum atomic E-state index is -0.818. The molecular weight excluding hydrogens is 630 g/mol. The number of likely N-dealkylation sites (tertiary alicyclic amines) is 2. The minimum absolute atomic E-state index is 0.131. The van der Waals surface area contributed by atoms with Gasteiger partial charge in [0.2, 0.25) is 17.7 Å². The molecule has 1 aromatic carbocycles. The van der Waals surface area contributed by atoms with Gasteiger partial charge >= 0.3 is 6.09 Å². The Kier molecular flexibility index (Phi) is 11.0. The van der Waals surface area contributed by atoms with E-state index in [0.29, 0.717) is 51.1 Å². The van der Waals surface area contributed by atoms with Gasteiger partial charge in [0.15, 0.2) is 6.29 Å². The zero-order valence-corrected chi connectivity index (χ0v) is 28.8. The number of rotatable bonds is 9. The average Bonchev–Trinajstić information content (AvgIpc) is 3.55. The highest BCUT2D eigenvalue weighted by molar-refractivity contribution is 6.08. The molecule has 0 aliphatic carbocycles. The zero-order chi connectivity index (χ0) is 35.3. The van der Waals surface area contributed by atoms with E-state index in [-0.39, 0.29) is 53.8 Å². The number of ether oxygens (including phenoxy) is 1. The smallest absolute Gasteiger partial charge is 0.410 e. The van der Waals surface area contributed by atoms with Crippen molar-refractivity contribution in [2.75, 3.05) is 38.5 Å². The maximum atomic E-state index is 13.6. The number of carbonyl (C=O) groups excluding carboxylic acids is 6. The number of likely N-dealkylation sites (N-methyl/N-ethyl adjacent to an activating group) is 1. The molecule has 0 saturated carbocycles. The average molecular weight is 678 g/mol. The van der Waals surface area contributed by atoms with Crippen LogP contribution in [0.4, 0.5) is 10.5 Å². The standard InChI is InChI=1S/C35H47N7O7/c1-35(2,3)49-34(48)41-14-10-23(11-15-41)18-30(45)40-16-12-26(13-17-40)42-21-24(20-37-42)19-36-27-7-5-6-25(22-43)31(27)33(47)39(4)28-8-9-29(44)38-32(28)46/h5-7,20-23,26,28,36H,8-19H2,1-4H3,(H,38,44,46). The summed E-state index contributed by atoms with van der Waals surface area (Å²) in [5.41, 5.74) is 1.15. The van der Waals surface area contributed by atoms with Crippen LogP contribution in [0.1, 0.15) is 98.0 Å². The van der Waals surface area contributed by atoms with Crippen LogP contribution in [-0.4, -0.2) is 105 Å². The highest BCUT2D eigenvalue weighted by Crippen LogP contribution is 2.28. The van der Waals surface area contributed by atoms with Crippen LogP contribution in [0.15, 0.2) is 30.6 Å². The molecule has 5 rings (SSSR count). The van der Waals surface area contributed by atoms with Crippen molar-refractivity contribution < 1.29 is 33.5 Å². The molecule has 2 N–H and O–H groups in total. The summed E-state index contributed by atoms with van der Waals surface area (Å²) in [5.74, 6) is -0.993. The van der Waals surface area contributed by atoms with Crippen molar-refractivity contribution in [2.45, 2.75) is 89.9 Å². The number of aromatic nitrogens is 2. The molecule has 0 bridgehead atoms. The molecule has 3 fully saturated rings. The van der Waals surface area contributed by atoms with Crippen molar-refractivity contribution in [3.8, 4) is 0 Å². The summed E-state index contributed by atoms with van der Waals surface area (Å²) < 4.78 is 7.41. The first-order valence-corrected chi connectivity index (χ1v) is 17.0. The van der Waals surface area contributed by atoms with E-state index < -0.39 is 23.5 Å². The molecule has 0 radical (unpaired) electrons. The van der Waals surface area contributed by atoms with Gasteiger partial charge in [0.25, 0.3) is 5.91 Å². The number of nitrogens with zero attached hydrogens (tertiary/aromatic N) is 5. The number of hydrogen-bond acceptors (Lipinski definition) is 9. The molecule has 1 aromatic heterocycles. The van der Waals surface area contributed by atoms with Crippen molar-refractivity contribution in [1.82, 2.24) is 29.8 Å². The molecule has 3 aliphatic rings. The Balaban J connectivity index is 1.11. The van der Waals surface area contributed by atoms with Gasteiger partial charge in [-0.3, -0.25) is 34.0 Å². The first kappa shape index (κ1) is 35.6. The number of aldehydes is 1. The van der Waals surface area contributed by atoms with Gasteiger partial charge in [-0.05, 0) is 64.9 Å². The molecule has 4 heterocycles. The van der Waals surface area contributed by atoms with E-state index in [1.54, 1.807) is 29.3 Å². The highest BCUT2D eigenvalue weighted by Gasteiger charge is 2.34. The van der Waals surface area contributed by atoms with E-state index >= 15 is 0 Å². The Bertz CT molecular complexity index is 1570. The number of amides is 5. The summed E-state index contributed by atoms with van der Waals surface area (Å²) in [7, 11) is 1.49. The van der Waals surface area contributed by atoms with E-state index in [4.69, 9.17) is 4.74 Å². The van der Waals surface area contributed by atoms with Crippen LogP contribution >= 0.6 is 0 Å². The molecule has 3 saturated heterocycles. The normalized spacial score (nSPS) is 19.3. The fourth-order valence-corrected chi connectivity index (χ4v) is 6.69. The maximum Gasteiger partial charge on any atom is 0.410 e. The molecule has 5 amide bonds. The minimum Gasteiger partial charge on any atom is -0.444 e. The Labute approximate surface area is 286 Å². The van der Waals surface area contributed by atoms with Gasteiger partial charge in [-0.2, -0.15) is 5.10 Å². The van der Waals surface area contributed by atoms with E-state index in [2.05, 4.69) is 15.7 Å². The van der Waals surface area contributed by atoms with Crippen molar-refractivity contribution in [1.29, 1.82) is 0 Å². The van der Waals surface area contributed by atoms with Crippen LogP contribution in [0.25, 0.3) is 0 Å². The molecule has 1 unspecified atom stereocenters. The number of nitrogens with one attached hydrogen (secondary N) is 2. The first-order valence-electron chi connectivity index (χ1n) is 17.0. The predicted molar refractivity (Wildman–Crippen MR) is 180 cm³/mol. The second-order valence-electron chi connectivity index (χ2n) is 14.2. The number of hydrogen-bond donors (Lipinski definition) is 2. The molecule has 3 aliphatic heterocycles. The SMILES string of the molecule is CN(C(=O)c1c(C=O)cccc1NCc1cnn(C2CCN(C(=O)CC3CCN(C(=O)OC(C)(C)C)CC3)CC2)c1)C1CCC(=O)NC1=O. The monoisotopic (exact) mass is 677 g/mol. The second-order valence-corrected chi connectivity index (χ2v) is 14.2. The Morgan fingerprint density at radius 2 is 1.73 bits per heavy atom. The predicted octanol–water partition coefficient (Wildman–Crippen LogP) is 3.39. The first-order chi connectivity index (χ1) is 23.3. The van der Waals surface area contributed by atoms with Crippen molar-refractivity contribution >= 4 is 41.7 Å². The third kappa shape index (κ3) is 8.84. The summed E-state index contributed by atoms with van der Waals surface area (Å²) >= 11 is 0. The zero-order valence-electron chi connectivity index (χ0n) is 28.8. The van der Waals surface area contributed by atoms with E-state index in [0.717, 1.165) is 31.2 Å². The number of piperidine rings is 3. The fourth-order valence-electron chi connectivity index (χ4n) is 6.69. The summed E-state index contributed by atoms with van der Waals surface area (Å²) in [6.45, 7) is 8.42. The lowest BCUT2D eigenvalue weighted by molar-refractivity contribution is -0.137. The lowest BCUT2D eigenvalue weighted by Gasteiger charge is -2.35. The number of carbonyl (C=O) groups is 6. The van der Waals surface area contributed by atoms with Crippen LogP contribution in [0.3, 0.4) is 0 Å². The van der Waals surface area contributed by atoms with Crippen LogP contribution in [0, 0.1) is 5.92 Å². The van der Waals surface area contributed by atoms with E-state index in [1.165, 1.54) is 11.9 Å². The van der Waals surface area contributed by atoms with Crippen LogP contribution < -0.4 is 10.6 Å². The van der Waals surface area contributed by atoms with Crippen LogP contribution in [0.5, 0.6) is 0 Å². The van der Waals surface area contributed by atoms with Gasteiger partial charge in [-0.25, -0.2) is 4.79 Å². The molecular formula is C35H47N7O7. The lowest BCUT2D eigenvalue weighted by Crippen LogP contribution is -2.53. The highest BCUT2D eigenvalue weighted by atomic mass is 16.6. The van der Waals surface area contributed by atoms with Crippen molar-refractivity contribution in [3.63, 3.8) is 0 Å². The summed E-state index contributed by atoms with van der Waals surface area (Å²) in [6.07, 6.45) is 8.00.